The van der Waals surface area contributed by atoms with Crippen molar-refractivity contribution in [2.24, 2.45) is 0 Å². The molecule has 92 valence electrons. The van der Waals surface area contributed by atoms with Crippen molar-refractivity contribution < 1.29 is 9.53 Å². The van der Waals surface area contributed by atoms with E-state index in [-0.39, 0.29) is 13.4 Å². The van der Waals surface area contributed by atoms with Crippen LogP contribution >= 0.6 is 11.3 Å². The lowest BCUT2D eigenvalue weighted by Crippen LogP contribution is -2.04. The molecule has 0 aromatic carbocycles. The van der Waals surface area contributed by atoms with Gasteiger partial charge in [0.25, 0.3) is 0 Å². The third-order valence-corrected chi connectivity index (χ3v) is 3.32. The lowest BCUT2D eigenvalue weighted by Gasteiger charge is -2.02. The molecule has 17 heavy (non-hydrogen) atoms. The van der Waals surface area contributed by atoms with Crippen molar-refractivity contribution in [1.82, 2.24) is 4.98 Å². The van der Waals surface area contributed by atoms with E-state index >= 15 is 0 Å². The minimum Gasteiger partial charge on any atom is -0.462 e. The van der Waals surface area contributed by atoms with Crippen LogP contribution < -0.4 is 5.32 Å². The fourth-order valence-electron chi connectivity index (χ4n) is 1.54. The van der Waals surface area contributed by atoms with Crippen LogP contribution in [0.3, 0.4) is 0 Å². The van der Waals surface area contributed by atoms with Crippen LogP contribution in [-0.4, -0.2) is 24.6 Å². The highest BCUT2D eigenvalue weighted by molar-refractivity contribution is 7.21. The molecule has 2 aromatic rings. The van der Waals surface area contributed by atoms with Gasteiger partial charge in [-0.05, 0) is 13.0 Å². The fourth-order valence-corrected chi connectivity index (χ4v) is 2.61. The van der Waals surface area contributed by atoms with Crippen molar-refractivity contribution in [2.75, 3.05) is 19.0 Å². The lowest BCUT2D eigenvalue weighted by atomic mass is 10.2. The van der Waals surface area contributed by atoms with E-state index in [1.807, 2.05) is 6.07 Å². The molecule has 0 aliphatic rings. The van der Waals surface area contributed by atoms with Crippen molar-refractivity contribution in [3.8, 4) is 0 Å². The first-order valence-electron chi connectivity index (χ1n) is 4.99. The number of anilines is 1. The van der Waals surface area contributed by atoms with Gasteiger partial charge in [0.2, 0.25) is 0 Å². The van der Waals surface area contributed by atoms with Gasteiger partial charge in [-0.2, -0.15) is 0 Å². The zero-order valence-corrected chi connectivity index (χ0v) is 9.93. The number of fused-ring (bicyclic) bond motifs is 1. The smallest absolute Gasteiger partial charge is 0.350 e. The van der Waals surface area contributed by atoms with Gasteiger partial charge in [0.05, 0.1) is 17.0 Å². The molecule has 0 unspecified atom stereocenters. The molecule has 4 nitrogen and oxygen atoms in total. The van der Waals surface area contributed by atoms with Gasteiger partial charge in [-0.15, -0.1) is 11.3 Å². The van der Waals surface area contributed by atoms with Gasteiger partial charge in [0, 0.05) is 24.8 Å². The second kappa shape index (κ2) is 5.63. The number of pyridine rings is 1. The highest BCUT2D eigenvalue weighted by atomic mass is 32.1. The number of carbonyl (C=O) groups is 1. The molecule has 2 heterocycles. The molecule has 5 heteroatoms. The van der Waals surface area contributed by atoms with Crippen LogP contribution in [0, 0.1) is 0 Å². The van der Waals surface area contributed by atoms with E-state index in [0.29, 0.717) is 11.5 Å². The Bertz CT molecular complexity index is 522. The summed E-state index contributed by atoms with van der Waals surface area (Å²) in [5, 5.41) is 4.04. The van der Waals surface area contributed by atoms with Gasteiger partial charge in [-0.25, -0.2) is 4.79 Å². The zero-order chi connectivity index (χ0) is 11.5. The SMILES string of the molecule is C.CCOC(=O)c1sc2cnccc2c1NC. The summed E-state index contributed by atoms with van der Waals surface area (Å²) >= 11 is 1.40. The Morgan fingerprint density at radius 3 is 3.00 bits per heavy atom. The third kappa shape index (κ3) is 2.39. The predicted molar refractivity (Wildman–Crippen MR) is 71.9 cm³/mol. The number of thiophene rings is 1. The molecule has 0 aliphatic heterocycles. The van der Waals surface area contributed by atoms with Crippen molar-refractivity contribution >= 4 is 33.1 Å². The fraction of sp³-hybridized carbons (Fsp3) is 0.333. The molecule has 0 radical (unpaired) electrons. The average molecular weight is 252 g/mol. The molecule has 0 aliphatic carbocycles. The molecule has 0 spiro atoms. The van der Waals surface area contributed by atoms with E-state index in [4.69, 9.17) is 4.74 Å². The first-order chi connectivity index (χ1) is 7.77. The van der Waals surface area contributed by atoms with Crippen LogP contribution in [0.4, 0.5) is 5.69 Å². The average Bonchev–Trinajstić information content (AvgIpc) is 2.67. The molecule has 2 aromatic heterocycles. The second-order valence-electron chi connectivity index (χ2n) is 3.15. The maximum Gasteiger partial charge on any atom is 0.350 e. The molecule has 0 fully saturated rings. The van der Waals surface area contributed by atoms with E-state index in [0.717, 1.165) is 15.8 Å². The van der Waals surface area contributed by atoms with Crippen molar-refractivity contribution in [2.45, 2.75) is 14.4 Å². The number of carbonyl (C=O) groups excluding carboxylic acids is 1. The molecular weight excluding hydrogens is 236 g/mol. The van der Waals surface area contributed by atoms with Gasteiger partial charge in [0.15, 0.2) is 0 Å². The van der Waals surface area contributed by atoms with Gasteiger partial charge < -0.3 is 10.1 Å². The molecule has 0 saturated heterocycles. The maximum absolute atomic E-state index is 11.7. The van der Waals surface area contributed by atoms with Crippen molar-refractivity contribution in [1.29, 1.82) is 0 Å². The van der Waals surface area contributed by atoms with Gasteiger partial charge in [0.1, 0.15) is 4.88 Å². The topological polar surface area (TPSA) is 51.2 Å². The normalized spacial score (nSPS) is 9.76. The molecule has 2 rings (SSSR count). The summed E-state index contributed by atoms with van der Waals surface area (Å²) in [5.74, 6) is -0.284. The number of nitrogens with zero attached hydrogens (tertiary/aromatic N) is 1. The van der Waals surface area contributed by atoms with Gasteiger partial charge in [-0.3, -0.25) is 4.98 Å². The Morgan fingerprint density at radius 2 is 2.35 bits per heavy atom. The number of aromatic nitrogens is 1. The Labute approximate surface area is 105 Å². The van der Waals surface area contributed by atoms with E-state index in [2.05, 4.69) is 10.3 Å². The second-order valence-corrected chi connectivity index (χ2v) is 4.20. The van der Waals surface area contributed by atoms with Crippen LogP contribution in [-0.2, 0) is 4.74 Å². The van der Waals surface area contributed by atoms with Crippen molar-refractivity contribution in [3.05, 3.63) is 23.3 Å². The van der Waals surface area contributed by atoms with Crippen molar-refractivity contribution in [3.63, 3.8) is 0 Å². The number of ether oxygens (including phenoxy) is 1. The molecule has 0 amide bonds. The highest BCUT2D eigenvalue weighted by Gasteiger charge is 2.18. The quantitative estimate of drug-likeness (QED) is 0.853. The van der Waals surface area contributed by atoms with Crippen LogP contribution in [0.15, 0.2) is 18.5 Å². The predicted octanol–water partition coefficient (Wildman–Crippen LogP) is 3.15. The van der Waals surface area contributed by atoms with E-state index in [9.17, 15) is 4.79 Å². The maximum atomic E-state index is 11.7. The van der Waals surface area contributed by atoms with Gasteiger partial charge >= 0.3 is 5.97 Å². The summed E-state index contributed by atoms with van der Waals surface area (Å²) in [4.78, 5) is 16.4. The number of rotatable bonds is 3. The minimum atomic E-state index is -0.284. The Balaban J connectivity index is 0.00000144. The van der Waals surface area contributed by atoms with E-state index < -0.39 is 0 Å². The van der Waals surface area contributed by atoms with Crippen LogP contribution in [0.2, 0.25) is 0 Å². The number of hydrogen-bond acceptors (Lipinski definition) is 5. The lowest BCUT2D eigenvalue weighted by molar-refractivity contribution is 0.0533. The summed E-state index contributed by atoms with van der Waals surface area (Å²) < 4.78 is 5.99. The molecule has 1 N–H and O–H groups in total. The summed E-state index contributed by atoms with van der Waals surface area (Å²) in [6.45, 7) is 2.18. The third-order valence-electron chi connectivity index (χ3n) is 2.20. The molecule has 0 bridgehead atoms. The standard InChI is InChI=1S/C11H12N2O2S.CH4/c1-3-15-11(14)10-9(12-2)7-4-5-13-6-8(7)16-10;/h4-6,12H,3H2,1-2H3;1H4. The largest absolute Gasteiger partial charge is 0.462 e. The first-order valence-corrected chi connectivity index (χ1v) is 5.81. The highest BCUT2D eigenvalue weighted by Crippen LogP contribution is 2.35. The number of hydrogen-bond donors (Lipinski definition) is 1. The van der Waals surface area contributed by atoms with Crippen LogP contribution in [0.5, 0.6) is 0 Å². The minimum absolute atomic E-state index is 0. The first kappa shape index (κ1) is 13.4. The van der Waals surface area contributed by atoms with Crippen LogP contribution in [0.1, 0.15) is 24.0 Å². The molecule has 0 atom stereocenters. The molecule has 0 saturated carbocycles. The summed E-state index contributed by atoms with van der Waals surface area (Å²) in [6.07, 6.45) is 3.47. The summed E-state index contributed by atoms with van der Waals surface area (Å²) in [7, 11) is 1.80. The Hall–Kier alpha value is -1.62. The number of esters is 1. The monoisotopic (exact) mass is 252 g/mol. The zero-order valence-electron chi connectivity index (χ0n) is 9.11. The van der Waals surface area contributed by atoms with Crippen LogP contribution in [0.25, 0.3) is 10.1 Å². The summed E-state index contributed by atoms with van der Waals surface area (Å²) in [5.41, 5.74) is 0.820. The van der Waals surface area contributed by atoms with E-state index in [1.54, 1.807) is 26.4 Å². The molecular formula is C12H16N2O2S. The Kier molecular flexibility index (Phi) is 4.45. The summed E-state index contributed by atoms with van der Waals surface area (Å²) in [6, 6.07) is 1.89. The number of nitrogens with one attached hydrogen (secondary N) is 1. The van der Waals surface area contributed by atoms with Gasteiger partial charge in [-0.1, -0.05) is 7.43 Å². The van der Waals surface area contributed by atoms with E-state index in [1.165, 1.54) is 11.3 Å². The Morgan fingerprint density at radius 1 is 1.59 bits per heavy atom.